The van der Waals surface area contributed by atoms with Crippen molar-refractivity contribution in [3.05, 3.63) is 28.3 Å². The molecule has 0 aromatic heterocycles. The van der Waals surface area contributed by atoms with Crippen LogP contribution < -0.4 is 10.0 Å². The van der Waals surface area contributed by atoms with Gasteiger partial charge in [0.1, 0.15) is 5.69 Å². The number of benzene rings is 1. The Labute approximate surface area is 117 Å². The Bertz CT molecular complexity index is 630. The molecule has 1 fully saturated rings. The molecule has 0 amide bonds. The van der Waals surface area contributed by atoms with E-state index in [-0.39, 0.29) is 10.6 Å². The molecule has 110 valence electrons. The summed E-state index contributed by atoms with van der Waals surface area (Å²) >= 11 is 0. The topological polar surface area (TPSA) is 107 Å². The lowest BCUT2D eigenvalue weighted by molar-refractivity contribution is -0.384. The molecule has 20 heavy (non-hydrogen) atoms. The summed E-state index contributed by atoms with van der Waals surface area (Å²) in [6.07, 6.45) is 2.06. The molecule has 8 heteroatoms. The van der Waals surface area contributed by atoms with Crippen molar-refractivity contribution in [3.8, 4) is 0 Å². The van der Waals surface area contributed by atoms with Gasteiger partial charge in [0.25, 0.3) is 5.69 Å². The van der Waals surface area contributed by atoms with Crippen LogP contribution in [0.2, 0.25) is 0 Å². The fraction of sp³-hybridized carbons (Fsp3) is 0.500. The SMILES string of the molecule is C[C@H]1CCCN(c2ccc(S(N)(=O)=O)cc2[N+](=O)[O-])C1. The predicted octanol–water partition coefficient (Wildman–Crippen LogP) is 1.48. The number of rotatable bonds is 3. The van der Waals surface area contributed by atoms with E-state index in [9.17, 15) is 18.5 Å². The Morgan fingerprint density at radius 3 is 2.70 bits per heavy atom. The quantitative estimate of drug-likeness (QED) is 0.672. The molecular weight excluding hydrogens is 282 g/mol. The molecule has 1 atom stereocenters. The van der Waals surface area contributed by atoms with E-state index in [1.807, 2.05) is 4.90 Å². The standard InChI is InChI=1S/C12H17N3O4S/c1-9-3-2-6-14(8-9)11-5-4-10(20(13,18)19)7-12(11)15(16)17/h4-5,7,9H,2-3,6,8H2,1H3,(H2,13,18,19)/t9-/m0/s1. The van der Waals surface area contributed by atoms with Crippen LogP contribution >= 0.6 is 0 Å². The van der Waals surface area contributed by atoms with Crippen LogP contribution in [0.5, 0.6) is 0 Å². The summed E-state index contributed by atoms with van der Waals surface area (Å²) in [4.78, 5) is 12.3. The minimum atomic E-state index is -3.94. The number of hydrogen-bond donors (Lipinski definition) is 1. The van der Waals surface area contributed by atoms with Crippen LogP contribution in [0.3, 0.4) is 0 Å². The van der Waals surface area contributed by atoms with Crippen molar-refractivity contribution < 1.29 is 13.3 Å². The zero-order chi connectivity index (χ0) is 14.9. The molecule has 2 N–H and O–H groups in total. The van der Waals surface area contributed by atoms with E-state index >= 15 is 0 Å². The summed E-state index contributed by atoms with van der Waals surface area (Å²) in [6, 6.07) is 3.82. The largest absolute Gasteiger partial charge is 0.366 e. The van der Waals surface area contributed by atoms with Gasteiger partial charge in [-0.25, -0.2) is 13.6 Å². The zero-order valence-corrected chi connectivity index (χ0v) is 12.0. The van der Waals surface area contributed by atoms with E-state index < -0.39 is 14.9 Å². The molecule has 1 aliphatic heterocycles. The summed E-state index contributed by atoms with van der Waals surface area (Å²) in [5.41, 5.74) is 0.236. The third kappa shape index (κ3) is 3.07. The van der Waals surface area contributed by atoms with Gasteiger partial charge < -0.3 is 4.90 Å². The molecule has 2 rings (SSSR count). The van der Waals surface area contributed by atoms with Crippen molar-refractivity contribution in [1.82, 2.24) is 0 Å². The van der Waals surface area contributed by atoms with Gasteiger partial charge in [0, 0.05) is 19.2 Å². The van der Waals surface area contributed by atoms with Crippen LogP contribution in [0.1, 0.15) is 19.8 Å². The summed E-state index contributed by atoms with van der Waals surface area (Å²) < 4.78 is 22.6. The van der Waals surface area contributed by atoms with Crippen LogP contribution in [-0.2, 0) is 10.0 Å². The van der Waals surface area contributed by atoms with Gasteiger partial charge >= 0.3 is 0 Å². The Morgan fingerprint density at radius 2 is 2.15 bits per heavy atom. The van der Waals surface area contributed by atoms with E-state index in [1.165, 1.54) is 12.1 Å². The first-order valence-electron chi connectivity index (χ1n) is 6.35. The monoisotopic (exact) mass is 299 g/mol. The molecule has 1 heterocycles. The van der Waals surface area contributed by atoms with Gasteiger partial charge in [-0.2, -0.15) is 0 Å². The fourth-order valence-electron chi connectivity index (χ4n) is 2.50. The third-order valence-electron chi connectivity index (χ3n) is 3.47. The van der Waals surface area contributed by atoms with E-state index in [4.69, 9.17) is 5.14 Å². The maximum Gasteiger partial charge on any atom is 0.293 e. The number of nitro groups is 1. The van der Waals surface area contributed by atoms with Crippen molar-refractivity contribution in [2.75, 3.05) is 18.0 Å². The average molecular weight is 299 g/mol. The second-order valence-corrected chi connectivity index (χ2v) is 6.71. The average Bonchev–Trinajstić information content (AvgIpc) is 2.37. The first-order chi connectivity index (χ1) is 9.29. The molecule has 1 aliphatic rings. The Balaban J connectivity index is 2.45. The van der Waals surface area contributed by atoms with Crippen molar-refractivity contribution in [1.29, 1.82) is 0 Å². The molecule has 0 bridgehead atoms. The Hall–Kier alpha value is -1.67. The molecule has 0 radical (unpaired) electrons. The number of hydrogen-bond acceptors (Lipinski definition) is 5. The second-order valence-electron chi connectivity index (χ2n) is 5.15. The smallest absolute Gasteiger partial charge is 0.293 e. The van der Waals surface area contributed by atoms with Gasteiger partial charge in [-0.05, 0) is 30.9 Å². The van der Waals surface area contributed by atoms with Crippen molar-refractivity contribution in [2.24, 2.45) is 11.1 Å². The zero-order valence-electron chi connectivity index (χ0n) is 11.2. The molecule has 1 aromatic rings. The van der Waals surface area contributed by atoms with Gasteiger partial charge in [0.2, 0.25) is 10.0 Å². The lowest BCUT2D eigenvalue weighted by Gasteiger charge is -2.32. The first-order valence-corrected chi connectivity index (χ1v) is 7.90. The van der Waals surface area contributed by atoms with Crippen LogP contribution in [-0.4, -0.2) is 26.4 Å². The van der Waals surface area contributed by atoms with Crippen LogP contribution in [0.15, 0.2) is 23.1 Å². The molecule has 1 aromatic carbocycles. The maximum absolute atomic E-state index is 11.3. The number of piperidine rings is 1. The van der Waals surface area contributed by atoms with Crippen LogP contribution in [0.4, 0.5) is 11.4 Å². The van der Waals surface area contributed by atoms with E-state index in [2.05, 4.69) is 6.92 Å². The highest BCUT2D eigenvalue weighted by molar-refractivity contribution is 7.89. The Kier molecular flexibility index (Phi) is 3.96. The van der Waals surface area contributed by atoms with Gasteiger partial charge in [-0.15, -0.1) is 0 Å². The highest BCUT2D eigenvalue weighted by Gasteiger charge is 2.25. The molecule has 0 spiro atoms. The number of anilines is 1. The van der Waals surface area contributed by atoms with Crippen LogP contribution in [0, 0.1) is 16.0 Å². The summed E-state index contributed by atoms with van der Waals surface area (Å²) in [6.45, 7) is 3.56. The lowest BCUT2D eigenvalue weighted by Crippen LogP contribution is -2.34. The highest BCUT2D eigenvalue weighted by atomic mass is 32.2. The van der Waals surface area contributed by atoms with E-state index in [1.54, 1.807) is 0 Å². The molecule has 0 unspecified atom stereocenters. The molecule has 0 aliphatic carbocycles. The minimum absolute atomic E-state index is 0.217. The number of nitrogens with two attached hydrogens (primary N) is 1. The number of nitrogens with zero attached hydrogens (tertiary/aromatic N) is 2. The Morgan fingerprint density at radius 1 is 1.45 bits per heavy atom. The lowest BCUT2D eigenvalue weighted by atomic mass is 9.99. The number of nitro benzene ring substituents is 1. The molecule has 0 saturated carbocycles. The third-order valence-corrected chi connectivity index (χ3v) is 4.38. The van der Waals surface area contributed by atoms with Gasteiger partial charge in [-0.1, -0.05) is 6.92 Å². The van der Waals surface area contributed by atoms with E-state index in [0.717, 1.165) is 32.0 Å². The fourth-order valence-corrected chi connectivity index (χ4v) is 3.04. The van der Waals surface area contributed by atoms with Gasteiger partial charge in [0.15, 0.2) is 0 Å². The molecular formula is C12H17N3O4S. The summed E-state index contributed by atoms with van der Waals surface area (Å²) in [7, 11) is -3.94. The van der Waals surface area contributed by atoms with Crippen molar-refractivity contribution in [3.63, 3.8) is 0 Å². The summed E-state index contributed by atoms with van der Waals surface area (Å²) in [5, 5.41) is 16.2. The van der Waals surface area contributed by atoms with Crippen LogP contribution in [0.25, 0.3) is 0 Å². The highest BCUT2D eigenvalue weighted by Crippen LogP contribution is 2.33. The van der Waals surface area contributed by atoms with E-state index in [0.29, 0.717) is 11.6 Å². The molecule has 7 nitrogen and oxygen atoms in total. The number of sulfonamides is 1. The minimum Gasteiger partial charge on any atom is -0.366 e. The maximum atomic E-state index is 11.3. The second kappa shape index (κ2) is 5.37. The van der Waals surface area contributed by atoms with Crippen molar-refractivity contribution in [2.45, 2.75) is 24.7 Å². The molecule has 1 saturated heterocycles. The van der Waals surface area contributed by atoms with Gasteiger partial charge in [0.05, 0.1) is 9.82 Å². The van der Waals surface area contributed by atoms with Gasteiger partial charge in [-0.3, -0.25) is 10.1 Å². The number of primary sulfonamides is 1. The predicted molar refractivity (Wildman–Crippen MR) is 75.1 cm³/mol. The normalized spacial score (nSPS) is 19.9. The first kappa shape index (κ1) is 14.7. The van der Waals surface area contributed by atoms with Crippen molar-refractivity contribution >= 4 is 21.4 Å². The summed E-state index contributed by atoms with van der Waals surface area (Å²) in [5.74, 6) is 0.460.